The number of alkyl halides is 3. The van der Waals surface area contributed by atoms with E-state index in [1.807, 2.05) is 20.4 Å². The third-order valence-electron chi connectivity index (χ3n) is 4.67. The van der Waals surface area contributed by atoms with Crippen molar-refractivity contribution in [3.8, 4) is 0 Å². The average Bonchev–Trinajstić information content (AvgIpc) is 3.40. The molecule has 0 aromatic carbocycles. The molecule has 1 aromatic heterocycles. The largest absolute Gasteiger partial charge is 0.490 e. The Bertz CT molecular complexity index is 702. The maximum Gasteiger partial charge on any atom is 0.490 e. The average molecular weight is 420 g/mol. The van der Waals surface area contributed by atoms with E-state index in [1.165, 1.54) is 18.5 Å². The number of carbonyl (C=O) groups excluding carboxylic acids is 1. The maximum atomic E-state index is 11.9. The Morgan fingerprint density at radius 2 is 1.97 bits per heavy atom. The molecule has 8 nitrogen and oxygen atoms in total. The molecule has 1 amide bonds. The number of hydrogen-bond donors (Lipinski definition) is 1. The van der Waals surface area contributed by atoms with E-state index in [4.69, 9.17) is 14.6 Å². The van der Waals surface area contributed by atoms with Crippen molar-refractivity contribution >= 4 is 11.9 Å². The monoisotopic (exact) mass is 420 g/mol. The lowest BCUT2D eigenvalue weighted by Crippen LogP contribution is -2.36. The number of likely N-dealkylation sites (N-methyl/N-ethyl adjacent to an activating group) is 1. The number of carbonyl (C=O) groups is 2. The number of carboxylic acids is 1. The van der Waals surface area contributed by atoms with Gasteiger partial charge in [0.25, 0.3) is 0 Å². The third kappa shape index (κ3) is 7.65. The lowest BCUT2D eigenvalue weighted by molar-refractivity contribution is -0.192. The summed E-state index contributed by atoms with van der Waals surface area (Å²) in [6, 6.07) is 0. The van der Waals surface area contributed by atoms with Crippen LogP contribution in [0.5, 0.6) is 0 Å². The number of hydrogen-bond acceptors (Lipinski definition) is 5. The lowest BCUT2D eigenvalue weighted by Gasteiger charge is -2.21. The highest BCUT2D eigenvalue weighted by Crippen LogP contribution is 2.29. The fourth-order valence-corrected chi connectivity index (χ4v) is 2.77. The number of rotatable bonds is 6. The minimum Gasteiger partial charge on any atom is -0.475 e. The quantitative estimate of drug-likeness (QED) is 0.754. The van der Waals surface area contributed by atoms with Crippen molar-refractivity contribution in [1.29, 1.82) is 0 Å². The molecular formula is C18H27F3N4O4. The molecule has 11 heteroatoms. The molecule has 1 N–H and O–H groups in total. The van der Waals surface area contributed by atoms with E-state index < -0.39 is 12.1 Å². The van der Waals surface area contributed by atoms with Crippen LogP contribution in [0, 0.1) is 5.92 Å². The maximum absolute atomic E-state index is 11.9. The summed E-state index contributed by atoms with van der Waals surface area (Å²) in [6.45, 7) is 4.62. The summed E-state index contributed by atoms with van der Waals surface area (Å²) >= 11 is 0. The molecular weight excluding hydrogens is 393 g/mol. The van der Waals surface area contributed by atoms with Crippen LogP contribution in [0.15, 0.2) is 6.33 Å². The molecule has 0 spiro atoms. The molecule has 29 heavy (non-hydrogen) atoms. The predicted molar refractivity (Wildman–Crippen MR) is 96.9 cm³/mol. The van der Waals surface area contributed by atoms with Gasteiger partial charge in [-0.3, -0.25) is 9.69 Å². The van der Waals surface area contributed by atoms with Crippen molar-refractivity contribution in [2.24, 2.45) is 5.92 Å². The molecule has 1 aliphatic carbocycles. The van der Waals surface area contributed by atoms with Crippen LogP contribution in [0.3, 0.4) is 0 Å². The van der Waals surface area contributed by atoms with Crippen LogP contribution in [-0.2, 0) is 34.0 Å². The van der Waals surface area contributed by atoms with E-state index in [1.54, 1.807) is 4.90 Å². The van der Waals surface area contributed by atoms with Gasteiger partial charge in [0.2, 0.25) is 5.91 Å². The van der Waals surface area contributed by atoms with Crippen LogP contribution in [0.4, 0.5) is 13.2 Å². The first-order valence-corrected chi connectivity index (χ1v) is 9.41. The van der Waals surface area contributed by atoms with Gasteiger partial charge in [0.1, 0.15) is 0 Å². The highest BCUT2D eigenvalue weighted by Gasteiger charge is 2.38. The number of halogens is 3. The summed E-state index contributed by atoms with van der Waals surface area (Å²) in [5.41, 5.74) is 2.24. The molecule has 0 saturated heterocycles. The minimum absolute atomic E-state index is 0.152. The highest BCUT2D eigenvalue weighted by molar-refractivity contribution is 5.77. The van der Waals surface area contributed by atoms with E-state index >= 15 is 0 Å². The SMILES string of the molecule is CN(C)C(=O)CN1CCCn2cnc(COCC3CC3)c2C1.O=C(O)C(F)(F)F. The number of carboxylic acid groups (broad SMARTS) is 1. The minimum atomic E-state index is -5.08. The number of nitrogens with zero attached hydrogens (tertiary/aromatic N) is 4. The van der Waals surface area contributed by atoms with Gasteiger partial charge in [0.15, 0.2) is 0 Å². The molecule has 164 valence electrons. The Morgan fingerprint density at radius 1 is 1.31 bits per heavy atom. The van der Waals surface area contributed by atoms with Gasteiger partial charge in [-0.15, -0.1) is 0 Å². The first-order valence-electron chi connectivity index (χ1n) is 9.41. The number of amides is 1. The smallest absolute Gasteiger partial charge is 0.475 e. The van der Waals surface area contributed by atoms with Crippen LogP contribution in [0.2, 0.25) is 0 Å². The summed E-state index contributed by atoms with van der Waals surface area (Å²) in [4.78, 5) is 29.2. The number of fused-ring (bicyclic) bond motifs is 1. The number of aromatic nitrogens is 2. The molecule has 0 bridgehead atoms. The highest BCUT2D eigenvalue weighted by atomic mass is 19.4. The van der Waals surface area contributed by atoms with Crippen molar-refractivity contribution in [2.45, 2.75) is 45.1 Å². The van der Waals surface area contributed by atoms with Gasteiger partial charge in [-0.05, 0) is 25.2 Å². The standard InChI is InChI=1S/C16H26N4O2.C2HF3O2/c1-18(2)16(21)9-19-6-3-7-20-12-17-14(15(20)8-19)11-22-10-13-4-5-13;3-2(4,5)1(6)7/h12-13H,3-11H2,1-2H3;(H,6,7). The zero-order valence-corrected chi connectivity index (χ0v) is 16.6. The summed E-state index contributed by atoms with van der Waals surface area (Å²) in [6.07, 6.45) is 0.498. The molecule has 1 aliphatic heterocycles. The van der Waals surface area contributed by atoms with E-state index in [0.717, 1.165) is 44.3 Å². The van der Waals surface area contributed by atoms with Crippen molar-refractivity contribution < 1.29 is 32.6 Å². The first kappa shape index (κ1) is 23.1. The van der Waals surface area contributed by atoms with Crippen LogP contribution in [0.25, 0.3) is 0 Å². The van der Waals surface area contributed by atoms with E-state index in [9.17, 15) is 18.0 Å². The molecule has 3 rings (SSSR count). The molecule has 1 saturated carbocycles. The fourth-order valence-electron chi connectivity index (χ4n) is 2.77. The number of aryl methyl sites for hydroxylation is 1. The number of imidazole rings is 1. The second kappa shape index (κ2) is 10.1. The van der Waals surface area contributed by atoms with Gasteiger partial charge in [0, 0.05) is 40.3 Å². The fraction of sp³-hybridized carbons (Fsp3) is 0.722. The summed E-state index contributed by atoms with van der Waals surface area (Å²) in [5, 5.41) is 7.12. The van der Waals surface area contributed by atoms with Crippen LogP contribution in [-0.4, -0.2) is 76.3 Å². The Balaban J connectivity index is 0.000000370. The van der Waals surface area contributed by atoms with Crippen molar-refractivity contribution in [2.75, 3.05) is 33.8 Å². The Hall–Kier alpha value is -2.14. The molecule has 2 aliphatic rings. The van der Waals surface area contributed by atoms with Crippen LogP contribution < -0.4 is 0 Å². The summed E-state index contributed by atoms with van der Waals surface area (Å²) < 4.78 is 39.7. The van der Waals surface area contributed by atoms with Gasteiger partial charge in [-0.1, -0.05) is 0 Å². The van der Waals surface area contributed by atoms with Crippen molar-refractivity contribution in [3.05, 3.63) is 17.7 Å². The van der Waals surface area contributed by atoms with Crippen LogP contribution >= 0.6 is 0 Å². The Morgan fingerprint density at radius 3 is 2.52 bits per heavy atom. The van der Waals surface area contributed by atoms with Crippen molar-refractivity contribution in [1.82, 2.24) is 19.4 Å². The Kier molecular flexibility index (Phi) is 8.03. The van der Waals surface area contributed by atoms with Crippen LogP contribution in [0.1, 0.15) is 30.7 Å². The lowest BCUT2D eigenvalue weighted by atomic mass is 10.3. The predicted octanol–water partition coefficient (Wildman–Crippen LogP) is 1.74. The van der Waals surface area contributed by atoms with E-state index in [-0.39, 0.29) is 5.91 Å². The first-order chi connectivity index (χ1) is 13.6. The topological polar surface area (TPSA) is 87.9 Å². The second-order valence-electron chi connectivity index (χ2n) is 7.45. The van der Waals surface area contributed by atoms with E-state index in [2.05, 4.69) is 14.5 Å². The van der Waals surface area contributed by atoms with E-state index in [0.29, 0.717) is 13.2 Å². The van der Waals surface area contributed by atoms with Gasteiger partial charge < -0.3 is 19.3 Å². The molecule has 0 atom stereocenters. The summed E-state index contributed by atoms with van der Waals surface area (Å²) in [5.74, 6) is -1.83. The second-order valence-corrected chi connectivity index (χ2v) is 7.45. The molecule has 1 aromatic rings. The van der Waals surface area contributed by atoms with Gasteiger partial charge in [-0.25, -0.2) is 9.78 Å². The van der Waals surface area contributed by atoms with Gasteiger partial charge in [-0.2, -0.15) is 13.2 Å². The summed E-state index contributed by atoms with van der Waals surface area (Å²) in [7, 11) is 3.61. The number of aliphatic carboxylic acids is 1. The zero-order valence-electron chi connectivity index (χ0n) is 16.6. The molecule has 0 unspecified atom stereocenters. The molecule has 1 fully saturated rings. The third-order valence-corrected chi connectivity index (χ3v) is 4.67. The molecule has 2 heterocycles. The molecule has 0 radical (unpaired) electrons. The van der Waals surface area contributed by atoms with Gasteiger partial charge in [0.05, 0.1) is 30.9 Å². The number of ether oxygens (including phenoxy) is 1. The normalized spacial score (nSPS) is 17.0. The van der Waals surface area contributed by atoms with Gasteiger partial charge >= 0.3 is 12.1 Å². The zero-order chi connectivity index (χ0) is 21.6. The Labute approximate surface area is 167 Å². The van der Waals surface area contributed by atoms with Crippen molar-refractivity contribution in [3.63, 3.8) is 0 Å².